The maximum atomic E-state index is 9.22. The summed E-state index contributed by atoms with van der Waals surface area (Å²) in [5, 5.41) is 13.3. The van der Waals surface area contributed by atoms with Gasteiger partial charge in [-0.3, -0.25) is 0 Å². The molecule has 1 N–H and O–H groups in total. The molecule has 1 rings (SSSR count). The lowest BCUT2D eigenvalue weighted by Gasteiger charge is -2.15. The first-order chi connectivity index (χ1) is 7.98. The molecule has 0 bridgehead atoms. The molecule has 98 valence electrons. The molecule has 1 heterocycles. The topological polar surface area (TPSA) is 56.5 Å². The van der Waals surface area contributed by atoms with Crippen LogP contribution >= 0.6 is 0 Å². The van der Waals surface area contributed by atoms with Crippen molar-refractivity contribution in [3.8, 4) is 5.75 Å². The molecule has 5 nitrogen and oxygen atoms in total. The fourth-order valence-electron chi connectivity index (χ4n) is 1.36. The monoisotopic (exact) mass is 258 g/mol. The van der Waals surface area contributed by atoms with Gasteiger partial charge in [0.2, 0.25) is 0 Å². The highest BCUT2D eigenvalue weighted by Crippen LogP contribution is 2.17. The summed E-state index contributed by atoms with van der Waals surface area (Å²) in [6.07, 6.45) is 1.59. The lowest BCUT2D eigenvalue weighted by Crippen LogP contribution is -2.22. The molecule has 6 heteroatoms. The molecule has 0 radical (unpaired) electrons. The van der Waals surface area contributed by atoms with E-state index in [-0.39, 0.29) is 6.61 Å². The Morgan fingerprint density at radius 3 is 2.65 bits per heavy atom. The Morgan fingerprint density at radius 2 is 2.12 bits per heavy atom. The Bertz CT molecular complexity index is 347. The molecule has 0 aliphatic rings. The summed E-state index contributed by atoms with van der Waals surface area (Å²) in [5.41, 5.74) is 0.653. The van der Waals surface area contributed by atoms with E-state index < -0.39 is 8.07 Å². The van der Waals surface area contributed by atoms with E-state index in [1.807, 2.05) is 0 Å². The van der Waals surface area contributed by atoms with Crippen molar-refractivity contribution in [3.63, 3.8) is 0 Å². The Labute approximate surface area is 103 Å². The maximum absolute atomic E-state index is 9.22. The average molecular weight is 258 g/mol. The van der Waals surface area contributed by atoms with Crippen molar-refractivity contribution in [2.75, 3.05) is 13.7 Å². The molecular weight excluding hydrogens is 236 g/mol. The molecule has 0 spiro atoms. The molecule has 0 aliphatic heterocycles. The predicted octanol–water partition coefficient (Wildman–Crippen LogP) is 1.70. The van der Waals surface area contributed by atoms with Gasteiger partial charge in [-0.2, -0.15) is 5.10 Å². The minimum absolute atomic E-state index is 0.0967. The summed E-state index contributed by atoms with van der Waals surface area (Å²) in [4.78, 5) is 0. The lowest BCUT2D eigenvalue weighted by molar-refractivity contribution is 0.0727. The second kappa shape index (κ2) is 6.18. The summed E-state index contributed by atoms with van der Waals surface area (Å²) in [5.74, 6) is 0.598. The quantitative estimate of drug-likeness (QED) is 0.597. The molecule has 0 amide bonds. The summed E-state index contributed by atoms with van der Waals surface area (Å²) < 4.78 is 12.3. The van der Waals surface area contributed by atoms with Crippen LogP contribution in [0.3, 0.4) is 0 Å². The minimum atomic E-state index is -1.05. The molecule has 0 saturated carbocycles. The van der Waals surface area contributed by atoms with Gasteiger partial charge in [0.1, 0.15) is 12.4 Å². The molecule has 0 aliphatic carbocycles. The second-order valence-corrected chi connectivity index (χ2v) is 10.8. The first-order valence-electron chi connectivity index (χ1n) is 5.75. The third-order valence-electron chi connectivity index (χ3n) is 2.49. The first kappa shape index (κ1) is 14.2. The number of hydrogen-bond acceptors (Lipinski definition) is 4. The van der Waals surface area contributed by atoms with E-state index in [1.54, 1.807) is 18.0 Å². The fourth-order valence-corrected chi connectivity index (χ4v) is 2.12. The number of ether oxygens (including phenoxy) is 2. The highest BCUT2D eigenvalue weighted by molar-refractivity contribution is 6.76. The summed E-state index contributed by atoms with van der Waals surface area (Å²) in [7, 11) is 0.514. The molecule has 1 aromatic heterocycles. The van der Waals surface area contributed by atoms with Gasteiger partial charge < -0.3 is 14.6 Å². The van der Waals surface area contributed by atoms with Crippen LogP contribution in [0.15, 0.2) is 6.20 Å². The zero-order valence-corrected chi connectivity index (χ0v) is 12.1. The Kier molecular flexibility index (Phi) is 5.17. The van der Waals surface area contributed by atoms with E-state index in [2.05, 4.69) is 24.7 Å². The second-order valence-electron chi connectivity index (χ2n) is 5.17. The molecular formula is C11H22N2O3Si. The van der Waals surface area contributed by atoms with Crippen molar-refractivity contribution in [3.05, 3.63) is 11.9 Å². The molecule has 0 aromatic carbocycles. The van der Waals surface area contributed by atoms with Crippen LogP contribution in [0.1, 0.15) is 5.69 Å². The Hall–Kier alpha value is -0.853. The van der Waals surface area contributed by atoms with Crippen LogP contribution in [0.25, 0.3) is 0 Å². The minimum Gasteiger partial charge on any atom is -0.493 e. The van der Waals surface area contributed by atoms with Gasteiger partial charge in [-0.15, -0.1) is 0 Å². The molecule has 17 heavy (non-hydrogen) atoms. The summed E-state index contributed by atoms with van der Waals surface area (Å²) in [6.45, 7) is 7.94. The van der Waals surface area contributed by atoms with E-state index in [1.165, 1.54) is 0 Å². The van der Waals surface area contributed by atoms with Gasteiger partial charge in [0.05, 0.1) is 19.9 Å². The van der Waals surface area contributed by atoms with Gasteiger partial charge >= 0.3 is 0 Å². The smallest absolute Gasteiger partial charge is 0.162 e. The van der Waals surface area contributed by atoms with Crippen LogP contribution in [-0.4, -0.2) is 36.7 Å². The molecule has 0 fully saturated rings. The van der Waals surface area contributed by atoms with E-state index in [4.69, 9.17) is 9.47 Å². The van der Waals surface area contributed by atoms with Crippen molar-refractivity contribution >= 4 is 8.07 Å². The van der Waals surface area contributed by atoms with Gasteiger partial charge in [0, 0.05) is 14.7 Å². The lowest BCUT2D eigenvalue weighted by atomic mass is 10.4. The van der Waals surface area contributed by atoms with E-state index in [0.29, 0.717) is 18.2 Å². The molecule has 1 aromatic rings. The van der Waals surface area contributed by atoms with Crippen LogP contribution in [0.2, 0.25) is 25.7 Å². The highest BCUT2D eigenvalue weighted by Gasteiger charge is 2.13. The van der Waals surface area contributed by atoms with Crippen LogP contribution in [0.5, 0.6) is 5.75 Å². The van der Waals surface area contributed by atoms with Gasteiger partial charge in [0.15, 0.2) is 5.75 Å². The van der Waals surface area contributed by atoms with Crippen molar-refractivity contribution < 1.29 is 14.6 Å². The number of aromatic nitrogens is 2. The molecule has 0 atom stereocenters. The van der Waals surface area contributed by atoms with Crippen molar-refractivity contribution in [2.24, 2.45) is 0 Å². The van der Waals surface area contributed by atoms with Crippen molar-refractivity contribution in [1.29, 1.82) is 0 Å². The van der Waals surface area contributed by atoms with Crippen LogP contribution in [0.4, 0.5) is 0 Å². The van der Waals surface area contributed by atoms with Crippen LogP contribution in [0, 0.1) is 0 Å². The number of rotatable bonds is 7. The summed E-state index contributed by atoms with van der Waals surface area (Å²) >= 11 is 0. The standard InChI is InChI=1S/C11H22N2O3Si/c1-15-11-7-12-13(10(11)8-14)9-16-5-6-17(2,3)4/h7,14H,5-6,8-9H2,1-4H3. The number of nitrogens with zero attached hydrogens (tertiary/aromatic N) is 2. The number of aliphatic hydroxyl groups is 1. The van der Waals surface area contributed by atoms with Crippen LogP contribution < -0.4 is 4.74 Å². The van der Waals surface area contributed by atoms with E-state index >= 15 is 0 Å². The van der Waals surface area contributed by atoms with Crippen LogP contribution in [-0.2, 0) is 18.1 Å². The van der Waals surface area contributed by atoms with Crippen molar-refractivity contribution in [1.82, 2.24) is 9.78 Å². The average Bonchev–Trinajstić information content (AvgIpc) is 2.65. The molecule has 0 saturated heterocycles. The van der Waals surface area contributed by atoms with Gasteiger partial charge in [-0.1, -0.05) is 19.6 Å². The Balaban J connectivity index is 2.44. The Morgan fingerprint density at radius 1 is 1.41 bits per heavy atom. The van der Waals surface area contributed by atoms with Gasteiger partial charge in [0.25, 0.3) is 0 Å². The maximum Gasteiger partial charge on any atom is 0.162 e. The third-order valence-corrected chi connectivity index (χ3v) is 4.19. The number of aliphatic hydroxyl groups excluding tert-OH is 1. The molecule has 0 unspecified atom stereocenters. The zero-order chi connectivity index (χ0) is 12.9. The van der Waals surface area contributed by atoms with Gasteiger partial charge in [-0.05, 0) is 6.04 Å². The normalized spacial score (nSPS) is 11.8. The number of hydrogen-bond donors (Lipinski definition) is 1. The largest absolute Gasteiger partial charge is 0.493 e. The van der Waals surface area contributed by atoms with Gasteiger partial charge in [-0.25, -0.2) is 4.68 Å². The SMILES string of the molecule is COc1cnn(COCC[Si](C)(C)C)c1CO. The highest BCUT2D eigenvalue weighted by atomic mass is 28.3. The number of methoxy groups -OCH3 is 1. The zero-order valence-electron chi connectivity index (χ0n) is 11.1. The van der Waals surface area contributed by atoms with E-state index in [0.717, 1.165) is 12.7 Å². The fraction of sp³-hybridized carbons (Fsp3) is 0.727. The first-order valence-corrected chi connectivity index (χ1v) is 9.46. The predicted molar refractivity (Wildman–Crippen MR) is 68.8 cm³/mol. The van der Waals surface area contributed by atoms with E-state index in [9.17, 15) is 5.11 Å². The van der Waals surface area contributed by atoms with Crippen molar-refractivity contribution in [2.45, 2.75) is 39.0 Å². The summed E-state index contributed by atoms with van der Waals surface area (Å²) in [6, 6.07) is 1.12. The third kappa shape index (κ3) is 4.49.